The van der Waals surface area contributed by atoms with Crippen LogP contribution in [0.15, 0.2) is 59.1 Å². The van der Waals surface area contributed by atoms with Gasteiger partial charge in [-0.15, -0.1) is 0 Å². The molecular weight excluding hydrogens is 452 g/mol. The number of benzene rings is 2. The van der Waals surface area contributed by atoms with Gasteiger partial charge in [0.15, 0.2) is 0 Å². The number of hydrogen-bond acceptors (Lipinski definition) is 4. The van der Waals surface area contributed by atoms with E-state index in [-0.39, 0.29) is 11.9 Å². The van der Waals surface area contributed by atoms with Crippen molar-refractivity contribution in [1.82, 2.24) is 10.3 Å². The molecule has 0 spiro atoms. The molecule has 1 saturated carbocycles. The summed E-state index contributed by atoms with van der Waals surface area (Å²) in [5, 5.41) is 8.01. The molecule has 0 saturated heterocycles. The summed E-state index contributed by atoms with van der Waals surface area (Å²) in [6.07, 6.45) is 4.41. The van der Waals surface area contributed by atoms with E-state index in [2.05, 4.69) is 69.8 Å². The van der Waals surface area contributed by atoms with Gasteiger partial charge in [0.25, 0.3) is 0 Å². The summed E-state index contributed by atoms with van der Waals surface area (Å²) in [7, 11) is 4.13. The Labute approximate surface area is 192 Å². The molecule has 1 aliphatic rings. The zero-order valence-corrected chi connectivity index (χ0v) is 19.7. The lowest BCUT2D eigenvalue weighted by molar-refractivity contribution is -0.121. The van der Waals surface area contributed by atoms with Gasteiger partial charge in [-0.1, -0.05) is 52.3 Å². The molecule has 6 heteroatoms. The van der Waals surface area contributed by atoms with Gasteiger partial charge in [-0.3, -0.25) is 4.79 Å². The summed E-state index contributed by atoms with van der Waals surface area (Å²) in [5.74, 6) is 1.01. The SMILES string of the molecule is CN(C)c1cc(NC2CCC(NC(=O)Cc3ccccc3Br)CC2)nc2ccccc12. The fourth-order valence-corrected chi connectivity index (χ4v) is 4.71. The van der Waals surface area contributed by atoms with E-state index in [1.54, 1.807) is 0 Å². The predicted octanol–water partition coefficient (Wildman–Crippen LogP) is 5.15. The number of hydrogen-bond donors (Lipinski definition) is 2. The molecule has 31 heavy (non-hydrogen) atoms. The number of carbonyl (C=O) groups excluding carboxylic acids is 1. The Morgan fingerprint density at radius 1 is 1.03 bits per heavy atom. The van der Waals surface area contributed by atoms with E-state index in [1.807, 2.05) is 30.3 Å². The minimum atomic E-state index is 0.0927. The minimum Gasteiger partial charge on any atom is -0.377 e. The third-order valence-corrected chi connectivity index (χ3v) is 6.70. The van der Waals surface area contributed by atoms with Crippen LogP contribution in [0.5, 0.6) is 0 Å². The average Bonchev–Trinajstić information content (AvgIpc) is 2.76. The first kappa shape index (κ1) is 21.6. The van der Waals surface area contributed by atoms with Crippen molar-refractivity contribution in [1.29, 1.82) is 0 Å². The van der Waals surface area contributed by atoms with Gasteiger partial charge in [0.05, 0.1) is 11.9 Å². The second-order valence-corrected chi connectivity index (χ2v) is 9.32. The molecule has 1 heterocycles. The fraction of sp³-hybridized carbons (Fsp3) is 0.360. The summed E-state index contributed by atoms with van der Waals surface area (Å²) >= 11 is 3.52. The van der Waals surface area contributed by atoms with Crippen LogP contribution in [0.2, 0.25) is 0 Å². The highest BCUT2D eigenvalue weighted by Gasteiger charge is 2.23. The van der Waals surface area contributed by atoms with Gasteiger partial charge in [-0.05, 0) is 43.4 Å². The fourth-order valence-electron chi connectivity index (χ4n) is 4.29. The third-order valence-electron chi connectivity index (χ3n) is 5.93. The van der Waals surface area contributed by atoms with Gasteiger partial charge in [-0.25, -0.2) is 4.98 Å². The van der Waals surface area contributed by atoms with Crippen LogP contribution in [0.3, 0.4) is 0 Å². The van der Waals surface area contributed by atoms with E-state index in [0.717, 1.165) is 52.4 Å². The van der Waals surface area contributed by atoms with E-state index >= 15 is 0 Å². The van der Waals surface area contributed by atoms with Crippen LogP contribution in [0.1, 0.15) is 31.2 Å². The maximum absolute atomic E-state index is 12.5. The Bertz CT molecular complexity index is 1060. The minimum absolute atomic E-state index is 0.0927. The molecule has 2 aromatic carbocycles. The van der Waals surface area contributed by atoms with E-state index in [1.165, 1.54) is 5.69 Å². The highest BCUT2D eigenvalue weighted by atomic mass is 79.9. The smallest absolute Gasteiger partial charge is 0.224 e. The van der Waals surface area contributed by atoms with E-state index < -0.39 is 0 Å². The number of nitrogens with zero attached hydrogens (tertiary/aromatic N) is 2. The topological polar surface area (TPSA) is 57.3 Å². The second kappa shape index (κ2) is 9.69. The average molecular weight is 481 g/mol. The number of aromatic nitrogens is 1. The van der Waals surface area contributed by atoms with Gasteiger partial charge in [0, 0.05) is 47.8 Å². The van der Waals surface area contributed by atoms with Crippen LogP contribution in [0.25, 0.3) is 10.9 Å². The number of pyridine rings is 1. The Balaban J connectivity index is 1.33. The van der Waals surface area contributed by atoms with Crippen molar-refractivity contribution >= 4 is 44.2 Å². The van der Waals surface area contributed by atoms with Gasteiger partial charge < -0.3 is 15.5 Å². The number of amides is 1. The number of anilines is 2. The lowest BCUT2D eigenvalue weighted by Gasteiger charge is -2.30. The van der Waals surface area contributed by atoms with Crippen LogP contribution < -0.4 is 15.5 Å². The van der Waals surface area contributed by atoms with Crippen molar-refractivity contribution < 1.29 is 4.79 Å². The maximum Gasteiger partial charge on any atom is 0.224 e. The molecule has 0 atom stereocenters. The van der Waals surface area contributed by atoms with Crippen molar-refractivity contribution in [2.24, 2.45) is 0 Å². The first-order valence-corrected chi connectivity index (χ1v) is 11.7. The Morgan fingerprint density at radius 3 is 2.45 bits per heavy atom. The molecule has 1 amide bonds. The second-order valence-electron chi connectivity index (χ2n) is 8.47. The lowest BCUT2D eigenvalue weighted by Crippen LogP contribution is -2.40. The van der Waals surface area contributed by atoms with Crippen molar-refractivity contribution in [3.63, 3.8) is 0 Å². The Kier molecular flexibility index (Phi) is 6.76. The molecule has 0 radical (unpaired) electrons. The van der Waals surface area contributed by atoms with Crippen LogP contribution in [0.4, 0.5) is 11.5 Å². The summed E-state index contributed by atoms with van der Waals surface area (Å²) in [4.78, 5) is 19.4. The van der Waals surface area contributed by atoms with Crippen LogP contribution in [0, 0.1) is 0 Å². The lowest BCUT2D eigenvalue weighted by atomic mass is 9.91. The van der Waals surface area contributed by atoms with Crippen LogP contribution >= 0.6 is 15.9 Å². The number of fused-ring (bicyclic) bond motifs is 1. The van der Waals surface area contributed by atoms with Crippen LogP contribution in [-0.4, -0.2) is 37.1 Å². The molecule has 5 nitrogen and oxygen atoms in total. The van der Waals surface area contributed by atoms with Gasteiger partial charge in [0.1, 0.15) is 5.82 Å². The van der Waals surface area contributed by atoms with Crippen molar-refractivity contribution in [2.75, 3.05) is 24.3 Å². The first-order valence-electron chi connectivity index (χ1n) is 10.9. The molecular formula is C25H29BrN4O. The molecule has 0 aliphatic heterocycles. The van der Waals surface area contributed by atoms with E-state index in [0.29, 0.717) is 12.5 Å². The summed E-state index contributed by atoms with van der Waals surface area (Å²) in [6.45, 7) is 0. The maximum atomic E-state index is 12.5. The van der Waals surface area contributed by atoms with E-state index in [9.17, 15) is 4.79 Å². The summed E-state index contributed by atoms with van der Waals surface area (Å²) in [6, 6.07) is 18.9. The Morgan fingerprint density at radius 2 is 1.71 bits per heavy atom. The molecule has 2 N–H and O–H groups in total. The number of rotatable bonds is 6. The highest BCUT2D eigenvalue weighted by Crippen LogP contribution is 2.29. The summed E-state index contributed by atoms with van der Waals surface area (Å²) in [5.41, 5.74) is 3.19. The Hall–Kier alpha value is -2.60. The van der Waals surface area contributed by atoms with E-state index in [4.69, 9.17) is 4.98 Å². The van der Waals surface area contributed by atoms with Crippen molar-refractivity contribution in [2.45, 2.75) is 44.2 Å². The normalized spacial score (nSPS) is 18.5. The van der Waals surface area contributed by atoms with Gasteiger partial charge >= 0.3 is 0 Å². The summed E-state index contributed by atoms with van der Waals surface area (Å²) < 4.78 is 0.984. The molecule has 162 valence electrons. The number of para-hydroxylation sites is 1. The van der Waals surface area contributed by atoms with Crippen LogP contribution in [-0.2, 0) is 11.2 Å². The van der Waals surface area contributed by atoms with Gasteiger partial charge in [0.2, 0.25) is 5.91 Å². The number of nitrogens with one attached hydrogen (secondary N) is 2. The zero-order chi connectivity index (χ0) is 21.8. The largest absolute Gasteiger partial charge is 0.377 e. The molecule has 1 aromatic heterocycles. The zero-order valence-electron chi connectivity index (χ0n) is 18.1. The first-order chi connectivity index (χ1) is 15.0. The molecule has 1 aliphatic carbocycles. The number of halogens is 1. The predicted molar refractivity (Wildman–Crippen MR) is 132 cm³/mol. The van der Waals surface area contributed by atoms with Gasteiger partial charge in [-0.2, -0.15) is 0 Å². The number of carbonyl (C=O) groups is 1. The molecule has 4 rings (SSSR count). The quantitative estimate of drug-likeness (QED) is 0.512. The molecule has 1 fully saturated rings. The molecule has 0 bridgehead atoms. The molecule has 3 aromatic rings. The monoisotopic (exact) mass is 480 g/mol. The highest BCUT2D eigenvalue weighted by molar-refractivity contribution is 9.10. The van der Waals surface area contributed by atoms with Crippen molar-refractivity contribution in [3.8, 4) is 0 Å². The third kappa shape index (κ3) is 5.37. The standard InChI is InChI=1S/C25H29BrN4O/c1-30(2)23-16-24(29-22-10-6-4-8-20(22)23)27-18-11-13-19(14-12-18)28-25(31)15-17-7-3-5-9-21(17)26/h3-10,16,18-19H,11-15H2,1-2H3,(H,27,29)(H,28,31). The molecule has 0 unspecified atom stereocenters. The van der Waals surface area contributed by atoms with Crippen molar-refractivity contribution in [3.05, 3.63) is 64.6 Å².